The molecule has 92 valence electrons. The molecule has 3 rings (SSSR count). The molecule has 1 heterocycles. The van der Waals surface area contributed by atoms with Gasteiger partial charge in [0.1, 0.15) is 12.0 Å². The lowest BCUT2D eigenvalue weighted by Crippen LogP contribution is -2.27. The van der Waals surface area contributed by atoms with Crippen LogP contribution in [0.15, 0.2) is 24.3 Å². The molecule has 0 radical (unpaired) electrons. The second-order valence-corrected chi connectivity index (χ2v) is 4.81. The van der Waals surface area contributed by atoms with Crippen LogP contribution in [0.3, 0.4) is 0 Å². The first-order valence-corrected chi connectivity index (χ1v) is 6.09. The first-order chi connectivity index (χ1) is 8.28. The molecule has 0 bridgehead atoms. The van der Waals surface area contributed by atoms with Crippen molar-refractivity contribution in [2.24, 2.45) is 0 Å². The van der Waals surface area contributed by atoms with E-state index in [0.717, 1.165) is 12.1 Å². The monoisotopic (exact) mass is 235 g/mol. The van der Waals surface area contributed by atoms with Crippen LogP contribution in [0.4, 0.5) is 0 Å². The number of aromatic hydroxyl groups is 1. The van der Waals surface area contributed by atoms with E-state index in [-0.39, 0.29) is 24.7 Å². The van der Waals surface area contributed by atoms with Gasteiger partial charge < -0.3 is 14.9 Å². The molecule has 2 fully saturated rings. The summed E-state index contributed by atoms with van der Waals surface area (Å²) < 4.78 is 5.84. The maximum Gasteiger partial charge on any atom is 0.137 e. The van der Waals surface area contributed by atoms with Crippen LogP contribution in [0.5, 0.6) is 5.75 Å². The molecule has 1 aliphatic carbocycles. The van der Waals surface area contributed by atoms with Crippen molar-refractivity contribution in [3.63, 3.8) is 0 Å². The number of ether oxygens (including phenoxy) is 1. The number of benzene rings is 1. The fourth-order valence-electron chi connectivity index (χ4n) is 2.39. The molecular weight excluding hydrogens is 218 g/mol. The van der Waals surface area contributed by atoms with E-state index >= 15 is 0 Å². The van der Waals surface area contributed by atoms with Crippen molar-refractivity contribution < 1.29 is 14.9 Å². The van der Waals surface area contributed by atoms with Crippen molar-refractivity contribution in [3.8, 4) is 5.75 Å². The highest BCUT2D eigenvalue weighted by atomic mass is 16.5. The largest absolute Gasteiger partial charge is 0.508 e. The van der Waals surface area contributed by atoms with Gasteiger partial charge in [0.05, 0.1) is 12.7 Å². The van der Waals surface area contributed by atoms with Gasteiger partial charge in [0, 0.05) is 12.6 Å². The average molecular weight is 235 g/mol. The molecule has 1 saturated carbocycles. The van der Waals surface area contributed by atoms with Crippen LogP contribution in [-0.4, -0.2) is 40.4 Å². The van der Waals surface area contributed by atoms with Crippen LogP contribution in [0.25, 0.3) is 0 Å². The fourth-order valence-corrected chi connectivity index (χ4v) is 2.39. The SMILES string of the molecule is OCC1CN(C2CC2)C(c2ccc(O)cc2)O1. The number of phenolic OH excluding ortho intramolecular Hbond substituents is 1. The molecule has 1 aromatic rings. The average Bonchev–Trinajstić information content (AvgIpc) is 3.10. The number of nitrogens with zero attached hydrogens (tertiary/aromatic N) is 1. The highest BCUT2D eigenvalue weighted by molar-refractivity contribution is 5.28. The molecule has 4 nitrogen and oxygen atoms in total. The topological polar surface area (TPSA) is 52.9 Å². The zero-order valence-electron chi connectivity index (χ0n) is 9.62. The van der Waals surface area contributed by atoms with Crippen molar-refractivity contribution in [3.05, 3.63) is 29.8 Å². The van der Waals surface area contributed by atoms with E-state index in [2.05, 4.69) is 4.90 Å². The third-order valence-corrected chi connectivity index (χ3v) is 3.43. The van der Waals surface area contributed by atoms with Gasteiger partial charge >= 0.3 is 0 Å². The van der Waals surface area contributed by atoms with Gasteiger partial charge in [-0.1, -0.05) is 12.1 Å². The van der Waals surface area contributed by atoms with Crippen molar-refractivity contribution in [1.82, 2.24) is 4.90 Å². The van der Waals surface area contributed by atoms with E-state index in [4.69, 9.17) is 4.74 Å². The summed E-state index contributed by atoms with van der Waals surface area (Å²) in [6.07, 6.45) is 2.28. The van der Waals surface area contributed by atoms with Crippen molar-refractivity contribution in [2.75, 3.05) is 13.2 Å². The van der Waals surface area contributed by atoms with Crippen LogP contribution in [-0.2, 0) is 4.74 Å². The van der Waals surface area contributed by atoms with E-state index in [1.54, 1.807) is 12.1 Å². The van der Waals surface area contributed by atoms with Gasteiger partial charge in [0.15, 0.2) is 0 Å². The van der Waals surface area contributed by atoms with Crippen LogP contribution < -0.4 is 0 Å². The normalized spacial score (nSPS) is 29.7. The van der Waals surface area contributed by atoms with Crippen LogP contribution >= 0.6 is 0 Å². The Morgan fingerprint density at radius 1 is 1.24 bits per heavy atom. The van der Waals surface area contributed by atoms with E-state index in [1.807, 2.05) is 12.1 Å². The summed E-state index contributed by atoms with van der Waals surface area (Å²) in [5.41, 5.74) is 1.05. The van der Waals surface area contributed by atoms with Gasteiger partial charge in [0.2, 0.25) is 0 Å². The highest BCUT2D eigenvalue weighted by Crippen LogP contribution is 2.39. The number of aliphatic hydroxyl groups is 1. The Balaban J connectivity index is 1.82. The van der Waals surface area contributed by atoms with Crippen molar-refractivity contribution >= 4 is 0 Å². The minimum atomic E-state index is -0.0885. The van der Waals surface area contributed by atoms with Gasteiger partial charge in [-0.3, -0.25) is 4.90 Å². The number of phenols is 1. The maximum atomic E-state index is 9.29. The fraction of sp³-hybridized carbons (Fsp3) is 0.538. The second kappa shape index (κ2) is 4.29. The summed E-state index contributed by atoms with van der Waals surface area (Å²) in [7, 11) is 0. The van der Waals surface area contributed by atoms with Gasteiger partial charge in [-0.15, -0.1) is 0 Å². The predicted octanol–water partition coefficient (Wildman–Crippen LogP) is 1.25. The number of hydrogen-bond donors (Lipinski definition) is 2. The zero-order valence-corrected chi connectivity index (χ0v) is 9.62. The second-order valence-electron chi connectivity index (χ2n) is 4.81. The number of rotatable bonds is 3. The van der Waals surface area contributed by atoms with Gasteiger partial charge in [-0.05, 0) is 30.5 Å². The molecule has 1 aliphatic heterocycles. The highest BCUT2D eigenvalue weighted by Gasteiger charge is 2.41. The Bertz CT molecular complexity index is 388. The summed E-state index contributed by atoms with van der Waals surface area (Å²) in [6.45, 7) is 0.866. The van der Waals surface area contributed by atoms with Crippen molar-refractivity contribution in [2.45, 2.75) is 31.2 Å². The molecule has 0 amide bonds. The summed E-state index contributed by atoms with van der Waals surface area (Å²) in [5.74, 6) is 0.267. The van der Waals surface area contributed by atoms with E-state index in [9.17, 15) is 10.2 Å². The zero-order chi connectivity index (χ0) is 11.8. The quantitative estimate of drug-likeness (QED) is 0.827. The molecule has 2 aliphatic rings. The summed E-state index contributed by atoms with van der Waals surface area (Å²) in [4.78, 5) is 2.31. The molecule has 0 spiro atoms. The molecule has 2 atom stereocenters. The Labute approximate surface area is 100 Å². The standard InChI is InChI=1S/C13H17NO3/c15-8-12-7-14(10-3-4-10)13(17-12)9-1-5-11(16)6-2-9/h1-2,5-6,10,12-13,15-16H,3-4,7-8H2. The van der Waals surface area contributed by atoms with E-state index in [0.29, 0.717) is 6.04 Å². The van der Waals surface area contributed by atoms with Crippen molar-refractivity contribution in [1.29, 1.82) is 0 Å². The van der Waals surface area contributed by atoms with E-state index in [1.165, 1.54) is 12.8 Å². The Morgan fingerprint density at radius 3 is 2.53 bits per heavy atom. The smallest absolute Gasteiger partial charge is 0.137 e. The minimum Gasteiger partial charge on any atom is -0.508 e. The molecular formula is C13H17NO3. The van der Waals surface area contributed by atoms with E-state index < -0.39 is 0 Å². The van der Waals surface area contributed by atoms with Crippen LogP contribution in [0.1, 0.15) is 24.6 Å². The molecule has 2 unspecified atom stereocenters. The summed E-state index contributed by atoms with van der Waals surface area (Å²) in [6, 6.07) is 7.72. The van der Waals surface area contributed by atoms with Crippen LogP contribution in [0, 0.1) is 0 Å². The molecule has 1 aromatic carbocycles. The molecule has 17 heavy (non-hydrogen) atoms. The lowest BCUT2D eigenvalue weighted by Gasteiger charge is -2.22. The predicted molar refractivity (Wildman–Crippen MR) is 62.5 cm³/mol. The van der Waals surface area contributed by atoms with Gasteiger partial charge in [0.25, 0.3) is 0 Å². The minimum absolute atomic E-state index is 0.0673. The first kappa shape index (κ1) is 11.0. The molecule has 1 saturated heterocycles. The first-order valence-electron chi connectivity index (χ1n) is 6.09. The van der Waals surface area contributed by atoms with Gasteiger partial charge in [-0.25, -0.2) is 0 Å². The molecule has 4 heteroatoms. The third-order valence-electron chi connectivity index (χ3n) is 3.43. The number of aliphatic hydroxyl groups excluding tert-OH is 1. The Hall–Kier alpha value is -1.10. The maximum absolute atomic E-state index is 9.29. The Kier molecular flexibility index (Phi) is 2.78. The third kappa shape index (κ3) is 2.16. The summed E-state index contributed by atoms with van der Waals surface area (Å²) in [5, 5.41) is 18.5. The lowest BCUT2D eigenvalue weighted by molar-refractivity contribution is -0.0216. The molecule has 0 aromatic heterocycles. The summed E-state index contributed by atoms with van der Waals surface area (Å²) >= 11 is 0. The van der Waals surface area contributed by atoms with Crippen LogP contribution in [0.2, 0.25) is 0 Å². The molecule has 2 N–H and O–H groups in total. The lowest BCUT2D eigenvalue weighted by atomic mass is 10.2. The van der Waals surface area contributed by atoms with Gasteiger partial charge in [-0.2, -0.15) is 0 Å². The number of hydrogen-bond acceptors (Lipinski definition) is 4. The Morgan fingerprint density at radius 2 is 1.94 bits per heavy atom.